The summed E-state index contributed by atoms with van der Waals surface area (Å²) < 4.78 is 5.50. The molecule has 3 aliphatic rings. The van der Waals surface area contributed by atoms with E-state index < -0.39 is 0 Å². The number of rotatable bonds is 0. The molecule has 11 heavy (non-hydrogen) atoms. The maximum Gasteiger partial charge on any atom is 0.0502 e. The highest BCUT2D eigenvalue weighted by Crippen LogP contribution is 2.50. The highest BCUT2D eigenvalue weighted by atomic mass is 16.5. The van der Waals surface area contributed by atoms with Gasteiger partial charge in [0.05, 0.1) is 6.61 Å². The smallest absolute Gasteiger partial charge is 0.0502 e. The molecular formula is C10H14O. The van der Waals surface area contributed by atoms with Gasteiger partial charge in [0.1, 0.15) is 0 Å². The van der Waals surface area contributed by atoms with E-state index in [1.165, 1.54) is 12.8 Å². The van der Waals surface area contributed by atoms with E-state index in [4.69, 9.17) is 4.74 Å². The van der Waals surface area contributed by atoms with Gasteiger partial charge < -0.3 is 4.74 Å². The highest BCUT2D eigenvalue weighted by Gasteiger charge is 2.45. The third-order valence-electron chi connectivity index (χ3n) is 3.71. The van der Waals surface area contributed by atoms with E-state index in [-0.39, 0.29) is 0 Å². The first-order valence-corrected chi connectivity index (χ1v) is 4.71. The van der Waals surface area contributed by atoms with Crippen LogP contribution in [0, 0.1) is 23.7 Å². The SMILES string of the molecule is C1=CC2CC1C1CCOCC21. The van der Waals surface area contributed by atoms with E-state index in [0.29, 0.717) is 0 Å². The van der Waals surface area contributed by atoms with Crippen LogP contribution in [-0.2, 0) is 4.74 Å². The lowest BCUT2D eigenvalue weighted by atomic mass is 9.80. The van der Waals surface area contributed by atoms with Crippen LogP contribution in [0.15, 0.2) is 12.2 Å². The van der Waals surface area contributed by atoms with Crippen molar-refractivity contribution in [3.63, 3.8) is 0 Å². The predicted molar refractivity (Wildman–Crippen MR) is 43.2 cm³/mol. The first-order chi connectivity index (χ1) is 5.45. The van der Waals surface area contributed by atoms with Crippen molar-refractivity contribution in [1.29, 1.82) is 0 Å². The molecule has 0 aromatic heterocycles. The first-order valence-electron chi connectivity index (χ1n) is 4.71. The summed E-state index contributed by atoms with van der Waals surface area (Å²) in [5.41, 5.74) is 0. The van der Waals surface area contributed by atoms with Crippen LogP contribution in [0.4, 0.5) is 0 Å². The molecule has 1 saturated carbocycles. The van der Waals surface area contributed by atoms with Crippen molar-refractivity contribution in [2.24, 2.45) is 23.7 Å². The molecule has 0 radical (unpaired) electrons. The van der Waals surface area contributed by atoms with E-state index in [0.717, 1.165) is 36.9 Å². The molecular weight excluding hydrogens is 136 g/mol. The fourth-order valence-electron chi connectivity index (χ4n) is 3.14. The lowest BCUT2D eigenvalue weighted by Gasteiger charge is -2.32. The molecule has 0 amide bonds. The van der Waals surface area contributed by atoms with Crippen LogP contribution in [0.1, 0.15) is 12.8 Å². The Hall–Kier alpha value is -0.300. The summed E-state index contributed by atoms with van der Waals surface area (Å²) in [5, 5.41) is 0. The van der Waals surface area contributed by atoms with Crippen LogP contribution in [-0.4, -0.2) is 13.2 Å². The minimum absolute atomic E-state index is 0.880. The zero-order chi connectivity index (χ0) is 7.26. The van der Waals surface area contributed by atoms with Gasteiger partial charge in [-0.1, -0.05) is 12.2 Å². The molecule has 1 heteroatoms. The van der Waals surface area contributed by atoms with E-state index in [1.807, 2.05) is 0 Å². The molecule has 1 heterocycles. The summed E-state index contributed by atoms with van der Waals surface area (Å²) in [7, 11) is 0. The van der Waals surface area contributed by atoms with Crippen LogP contribution < -0.4 is 0 Å². The van der Waals surface area contributed by atoms with Gasteiger partial charge in [0.2, 0.25) is 0 Å². The van der Waals surface area contributed by atoms with Crippen LogP contribution in [0.5, 0.6) is 0 Å². The molecule has 0 aromatic rings. The molecule has 0 aromatic carbocycles. The second kappa shape index (κ2) is 2.10. The topological polar surface area (TPSA) is 9.23 Å². The molecule has 60 valence electrons. The maximum atomic E-state index is 5.50. The largest absolute Gasteiger partial charge is 0.381 e. The normalized spacial score (nSPS) is 53.1. The lowest BCUT2D eigenvalue weighted by molar-refractivity contribution is 0.0127. The summed E-state index contributed by atoms with van der Waals surface area (Å²) >= 11 is 0. The zero-order valence-corrected chi connectivity index (χ0v) is 6.70. The van der Waals surface area contributed by atoms with Gasteiger partial charge in [0.25, 0.3) is 0 Å². The fraction of sp³-hybridized carbons (Fsp3) is 0.800. The molecule has 2 fully saturated rings. The molecule has 4 unspecified atom stereocenters. The van der Waals surface area contributed by atoms with Gasteiger partial charge in [-0.3, -0.25) is 0 Å². The Morgan fingerprint density at radius 2 is 1.91 bits per heavy atom. The van der Waals surface area contributed by atoms with Crippen LogP contribution in [0.25, 0.3) is 0 Å². The average molecular weight is 150 g/mol. The molecule has 0 N–H and O–H groups in total. The van der Waals surface area contributed by atoms with Gasteiger partial charge in [0, 0.05) is 6.61 Å². The Kier molecular flexibility index (Phi) is 1.19. The summed E-state index contributed by atoms with van der Waals surface area (Å²) in [5.74, 6) is 3.68. The molecule has 4 atom stereocenters. The fourth-order valence-corrected chi connectivity index (χ4v) is 3.14. The number of fused-ring (bicyclic) bond motifs is 5. The Labute approximate surface area is 67.4 Å². The predicted octanol–water partition coefficient (Wildman–Crippen LogP) is 1.84. The van der Waals surface area contributed by atoms with E-state index in [2.05, 4.69) is 12.2 Å². The second-order valence-corrected chi connectivity index (χ2v) is 4.14. The Balaban J connectivity index is 1.90. The Bertz CT molecular complexity index is 177. The summed E-state index contributed by atoms with van der Waals surface area (Å²) in [4.78, 5) is 0. The quantitative estimate of drug-likeness (QED) is 0.479. The Morgan fingerprint density at radius 3 is 2.73 bits per heavy atom. The zero-order valence-electron chi connectivity index (χ0n) is 6.70. The van der Waals surface area contributed by atoms with Crippen molar-refractivity contribution in [3.05, 3.63) is 12.2 Å². The standard InChI is InChI=1S/C10H14O/c1-2-8-5-7(1)9-3-4-11-6-10(8)9/h1-2,7-10H,3-6H2. The van der Waals surface area contributed by atoms with Crippen molar-refractivity contribution >= 4 is 0 Å². The molecule has 0 spiro atoms. The van der Waals surface area contributed by atoms with Crippen molar-refractivity contribution in [1.82, 2.24) is 0 Å². The molecule has 1 saturated heterocycles. The van der Waals surface area contributed by atoms with Crippen molar-refractivity contribution in [2.75, 3.05) is 13.2 Å². The van der Waals surface area contributed by atoms with E-state index >= 15 is 0 Å². The summed E-state index contributed by atoms with van der Waals surface area (Å²) in [6, 6.07) is 0. The molecule has 1 aliphatic heterocycles. The van der Waals surface area contributed by atoms with Crippen molar-refractivity contribution in [3.8, 4) is 0 Å². The van der Waals surface area contributed by atoms with Crippen molar-refractivity contribution < 1.29 is 4.74 Å². The molecule has 2 aliphatic carbocycles. The molecule has 1 nitrogen and oxygen atoms in total. The number of hydrogen-bond acceptors (Lipinski definition) is 1. The summed E-state index contributed by atoms with van der Waals surface area (Å²) in [6.07, 6.45) is 7.60. The second-order valence-electron chi connectivity index (χ2n) is 4.14. The average Bonchev–Trinajstić information content (AvgIpc) is 2.64. The Morgan fingerprint density at radius 1 is 1.09 bits per heavy atom. The molecule has 3 rings (SSSR count). The monoisotopic (exact) mass is 150 g/mol. The van der Waals surface area contributed by atoms with Gasteiger partial charge in [-0.15, -0.1) is 0 Å². The van der Waals surface area contributed by atoms with Crippen LogP contribution in [0.3, 0.4) is 0 Å². The minimum Gasteiger partial charge on any atom is -0.381 e. The van der Waals surface area contributed by atoms with Gasteiger partial charge in [-0.05, 0) is 36.5 Å². The summed E-state index contributed by atoms with van der Waals surface area (Å²) in [6.45, 7) is 2.05. The maximum absolute atomic E-state index is 5.50. The number of ether oxygens (including phenoxy) is 1. The number of hydrogen-bond donors (Lipinski definition) is 0. The third kappa shape index (κ3) is 0.750. The van der Waals surface area contributed by atoms with Gasteiger partial charge in [0.15, 0.2) is 0 Å². The van der Waals surface area contributed by atoms with Crippen LogP contribution >= 0.6 is 0 Å². The van der Waals surface area contributed by atoms with E-state index in [1.54, 1.807) is 0 Å². The number of allylic oxidation sites excluding steroid dienone is 2. The van der Waals surface area contributed by atoms with Gasteiger partial charge in [-0.25, -0.2) is 0 Å². The third-order valence-corrected chi connectivity index (χ3v) is 3.71. The minimum atomic E-state index is 0.880. The van der Waals surface area contributed by atoms with Crippen LogP contribution in [0.2, 0.25) is 0 Å². The highest BCUT2D eigenvalue weighted by molar-refractivity contribution is 5.13. The first kappa shape index (κ1) is 6.24. The van der Waals surface area contributed by atoms with E-state index in [9.17, 15) is 0 Å². The van der Waals surface area contributed by atoms with Gasteiger partial charge >= 0.3 is 0 Å². The lowest BCUT2D eigenvalue weighted by Crippen LogP contribution is -2.30. The van der Waals surface area contributed by atoms with Crippen molar-refractivity contribution in [2.45, 2.75) is 12.8 Å². The molecule has 2 bridgehead atoms. The van der Waals surface area contributed by atoms with Gasteiger partial charge in [-0.2, -0.15) is 0 Å².